The maximum atomic E-state index is 12.8. The summed E-state index contributed by atoms with van der Waals surface area (Å²) in [6, 6.07) is 20.7. The topological polar surface area (TPSA) is 58.2 Å². The van der Waals surface area contributed by atoms with Crippen LogP contribution in [-0.2, 0) is 9.59 Å². The molecule has 4 heteroatoms. The predicted octanol–water partition coefficient (Wildman–Crippen LogP) is 4.14. The highest BCUT2D eigenvalue weighted by Crippen LogP contribution is 2.48. The molecule has 0 radical (unpaired) electrons. The van der Waals surface area contributed by atoms with Crippen molar-refractivity contribution in [3.63, 3.8) is 0 Å². The Morgan fingerprint density at radius 1 is 0.633 bits per heavy atom. The van der Waals surface area contributed by atoms with E-state index in [-0.39, 0.29) is 35.7 Å². The number of hydrogen-bond donors (Lipinski definition) is 2. The molecule has 0 aliphatic heterocycles. The Morgan fingerprint density at radius 2 is 1.03 bits per heavy atom. The molecule has 3 aliphatic carbocycles. The Morgan fingerprint density at radius 3 is 1.43 bits per heavy atom. The van der Waals surface area contributed by atoms with E-state index in [4.69, 9.17) is 0 Å². The van der Waals surface area contributed by atoms with Crippen LogP contribution in [0.2, 0.25) is 0 Å². The Kier molecular flexibility index (Phi) is 5.32. The normalized spacial score (nSPS) is 32.1. The monoisotopic (exact) mass is 402 g/mol. The smallest absolute Gasteiger partial charge is 0.224 e. The van der Waals surface area contributed by atoms with Crippen molar-refractivity contribution in [2.45, 2.75) is 62.4 Å². The van der Waals surface area contributed by atoms with Gasteiger partial charge in [-0.1, -0.05) is 73.5 Å². The highest BCUT2D eigenvalue weighted by molar-refractivity contribution is 5.84. The second kappa shape index (κ2) is 8.25. The molecule has 6 atom stereocenters. The number of amides is 2. The summed E-state index contributed by atoms with van der Waals surface area (Å²) >= 11 is 0. The minimum absolute atomic E-state index is 0.0566. The van der Waals surface area contributed by atoms with E-state index in [2.05, 4.69) is 34.9 Å². The van der Waals surface area contributed by atoms with Gasteiger partial charge in [0.2, 0.25) is 11.8 Å². The van der Waals surface area contributed by atoms with Crippen molar-refractivity contribution in [1.82, 2.24) is 10.6 Å². The van der Waals surface area contributed by atoms with Gasteiger partial charge < -0.3 is 10.6 Å². The molecule has 0 bridgehead atoms. The first kappa shape index (κ1) is 19.3. The van der Waals surface area contributed by atoms with Crippen LogP contribution in [-0.4, -0.2) is 23.9 Å². The number of nitrogens with one attached hydrogen (secondary N) is 2. The lowest BCUT2D eigenvalue weighted by Crippen LogP contribution is -2.53. The molecule has 30 heavy (non-hydrogen) atoms. The molecule has 156 valence electrons. The van der Waals surface area contributed by atoms with Crippen LogP contribution in [0.3, 0.4) is 0 Å². The summed E-state index contributed by atoms with van der Waals surface area (Å²) in [4.78, 5) is 25.7. The molecule has 2 aromatic rings. The molecule has 4 nitrogen and oxygen atoms in total. The van der Waals surface area contributed by atoms with Crippen molar-refractivity contribution in [2.75, 3.05) is 0 Å². The van der Waals surface area contributed by atoms with Crippen LogP contribution in [0.1, 0.15) is 61.5 Å². The van der Waals surface area contributed by atoms with Gasteiger partial charge in [0.1, 0.15) is 0 Å². The molecule has 6 unspecified atom stereocenters. The van der Waals surface area contributed by atoms with Crippen LogP contribution in [0.25, 0.3) is 0 Å². The SMILES string of the molecule is O=C(NC1CCCCC1NC(=O)C1CC1c1ccccc1)C1CC1c1ccccc1. The van der Waals surface area contributed by atoms with E-state index < -0.39 is 0 Å². The largest absolute Gasteiger partial charge is 0.351 e. The first-order chi connectivity index (χ1) is 14.7. The highest BCUT2D eigenvalue weighted by atomic mass is 16.2. The summed E-state index contributed by atoms with van der Waals surface area (Å²) in [5.74, 6) is 1.17. The summed E-state index contributed by atoms with van der Waals surface area (Å²) in [5.41, 5.74) is 2.51. The molecule has 2 aromatic carbocycles. The van der Waals surface area contributed by atoms with Crippen LogP contribution in [0, 0.1) is 11.8 Å². The zero-order valence-corrected chi connectivity index (χ0v) is 17.3. The fraction of sp³-hybridized carbons (Fsp3) is 0.462. The van der Waals surface area contributed by atoms with Crippen LogP contribution in [0.5, 0.6) is 0 Å². The lowest BCUT2D eigenvalue weighted by molar-refractivity contribution is -0.126. The summed E-state index contributed by atoms with van der Waals surface area (Å²) in [6.45, 7) is 0. The van der Waals surface area contributed by atoms with Crippen molar-refractivity contribution in [3.8, 4) is 0 Å². The Hall–Kier alpha value is -2.62. The Labute approximate surface area is 178 Å². The van der Waals surface area contributed by atoms with Crippen molar-refractivity contribution in [3.05, 3.63) is 71.8 Å². The van der Waals surface area contributed by atoms with E-state index in [1.54, 1.807) is 0 Å². The standard InChI is InChI=1S/C26H30N2O2/c29-25(21-15-19(21)17-9-3-1-4-10-17)27-23-13-7-8-14-24(23)28-26(30)22-16-20(22)18-11-5-2-6-12-18/h1-6,9-12,19-24H,7-8,13-16H2,(H,27,29)(H,28,30). The van der Waals surface area contributed by atoms with Crippen molar-refractivity contribution in [1.29, 1.82) is 0 Å². The molecule has 0 saturated heterocycles. The van der Waals surface area contributed by atoms with Gasteiger partial charge in [-0.15, -0.1) is 0 Å². The van der Waals surface area contributed by atoms with Gasteiger partial charge in [0.25, 0.3) is 0 Å². The van der Waals surface area contributed by atoms with Crippen LogP contribution in [0.4, 0.5) is 0 Å². The van der Waals surface area contributed by atoms with E-state index in [1.807, 2.05) is 36.4 Å². The molecule has 3 saturated carbocycles. The van der Waals surface area contributed by atoms with Gasteiger partial charge in [0.15, 0.2) is 0 Å². The van der Waals surface area contributed by atoms with Crippen LogP contribution in [0.15, 0.2) is 60.7 Å². The minimum Gasteiger partial charge on any atom is -0.351 e. The maximum absolute atomic E-state index is 12.8. The molecular weight excluding hydrogens is 372 g/mol. The number of carbonyl (C=O) groups excluding carboxylic acids is 2. The second-order valence-corrected chi connectivity index (χ2v) is 9.23. The average Bonchev–Trinajstić information content (AvgIpc) is 3.70. The van der Waals surface area contributed by atoms with Crippen molar-refractivity contribution < 1.29 is 9.59 Å². The van der Waals surface area contributed by atoms with Gasteiger partial charge >= 0.3 is 0 Å². The van der Waals surface area contributed by atoms with Gasteiger partial charge in [-0.05, 0) is 48.6 Å². The molecular formula is C26H30N2O2. The lowest BCUT2D eigenvalue weighted by Gasteiger charge is -2.33. The molecule has 3 fully saturated rings. The van der Waals surface area contributed by atoms with E-state index in [0.29, 0.717) is 11.8 Å². The highest BCUT2D eigenvalue weighted by Gasteiger charge is 2.46. The Bertz CT molecular complexity index is 822. The Balaban J connectivity index is 1.16. The number of hydrogen-bond acceptors (Lipinski definition) is 2. The van der Waals surface area contributed by atoms with Gasteiger partial charge in [-0.25, -0.2) is 0 Å². The lowest BCUT2D eigenvalue weighted by atomic mass is 9.89. The number of rotatable bonds is 6. The average molecular weight is 403 g/mol. The summed E-state index contributed by atoms with van der Waals surface area (Å²) in [5, 5.41) is 6.57. The summed E-state index contributed by atoms with van der Waals surface area (Å²) in [6.07, 6.45) is 5.99. The number of benzene rings is 2. The van der Waals surface area contributed by atoms with Crippen molar-refractivity contribution >= 4 is 11.8 Å². The number of carbonyl (C=O) groups is 2. The second-order valence-electron chi connectivity index (χ2n) is 9.23. The molecule has 0 aromatic heterocycles. The molecule has 5 rings (SSSR count). The van der Waals surface area contributed by atoms with Gasteiger partial charge in [0, 0.05) is 23.9 Å². The first-order valence-electron chi connectivity index (χ1n) is 11.4. The van der Waals surface area contributed by atoms with Gasteiger partial charge in [0.05, 0.1) is 0 Å². The zero-order valence-electron chi connectivity index (χ0n) is 17.3. The predicted molar refractivity (Wildman–Crippen MR) is 117 cm³/mol. The third-order valence-corrected chi connectivity index (χ3v) is 7.13. The molecule has 2 N–H and O–H groups in total. The van der Waals surface area contributed by atoms with Gasteiger partial charge in [-0.3, -0.25) is 9.59 Å². The zero-order chi connectivity index (χ0) is 20.5. The molecule has 2 amide bonds. The molecule has 0 heterocycles. The minimum atomic E-state index is 0.0566. The van der Waals surface area contributed by atoms with Crippen molar-refractivity contribution in [2.24, 2.45) is 11.8 Å². The third-order valence-electron chi connectivity index (χ3n) is 7.13. The maximum Gasteiger partial charge on any atom is 0.224 e. The van der Waals surface area contributed by atoms with E-state index >= 15 is 0 Å². The molecule has 0 spiro atoms. The summed E-state index contributed by atoms with van der Waals surface area (Å²) in [7, 11) is 0. The first-order valence-corrected chi connectivity index (χ1v) is 11.4. The van der Waals surface area contributed by atoms with Gasteiger partial charge in [-0.2, -0.15) is 0 Å². The fourth-order valence-electron chi connectivity index (χ4n) is 5.16. The quantitative estimate of drug-likeness (QED) is 0.763. The third kappa shape index (κ3) is 4.14. The van der Waals surface area contributed by atoms with Crippen LogP contribution < -0.4 is 10.6 Å². The summed E-state index contributed by atoms with van der Waals surface area (Å²) < 4.78 is 0. The van der Waals surface area contributed by atoms with E-state index in [1.165, 1.54) is 11.1 Å². The fourth-order valence-corrected chi connectivity index (χ4v) is 5.16. The molecule has 3 aliphatic rings. The van der Waals surface area contributed by atoms with E-state index in [0.717, 1.165) is 38.5 Å². The van der Waals surface area contributed by atoms with Crippen LogP contribution >= 0.6 is 0 Å². The van der Waals surface area contributed by atoms with E-state index in [9.17, 15) is 9.59 Å².